The van der Waals surface area contributed by atoms with Gasteiger partial charge in [0, 0.05) is 6.42 Å². The first-order chi connectivity index (χ1) is 11.2. The molecular formula is C22H44O2. The lowest BCUT2D eigenvalue weighted by Gasteiger charge is -2.22. The molecule has 0 fully saturated rings. The second-order valence-electron chi connectivity index (χ2n) is 9.31. The Bertz CT molecular complexity index is 302. The largest absolute Gasteiger partial charge is 0.466 e. The summed E-state index contributed by atoms with van der Waals surface area (Å²) >= 11 is 0. The average molecular weight is 341 g/mol. The standard InChI is InChI=1S/C22H44O2/c1-19(2)15-13-11-9-7-8-10-12-14-16-24-21(23)17-20(3)18-22(4,5)6/h19-20H,7-18H2,1-6H3/t20-/m1/s1. The number of hydrogen-bond donors (Lipinski definition) is 0. The van der Waals surface area contributed by atoms with Crippen LogP contribution in [0.4, 0.5) is 0 Å². The molecule has 0 N–H and O–H groups in total. The van der Waals surface area contributed by atoms with E-state index < -0.39 is 0 Å². The quantitative estimate of drug-likeness (QED) is 0.248. The van der Waals surface area contributed by atoms with Crippen molar-refractivity contribution in [3.8, 4) is 0 Å². The van der Waals surface area contributed by atoms with Crippen molar-refractivity contribution in [1.82, 2.24) is 0 Å². The first-order valence-electron chi connectivity index (χ1n) is 10.4. The van der Waals surface area contributed by atoms with E-state index in [9.17, 15) is 4.79 Å². The van der Waals surface area contributed by atoms with Crippen molar-refractivity contribution in [2.45, 2.75) is 112 Å². The summed E-state index contributed by atoms with van der Waals surface area (Å²) < 4.78 is 5.37. The minimum Gasteiger partial charge on any atom is -0.466 e. The second kappa shape index (κ2) is 13.7. The maximum atomic E-state index is 11.8. The van der Waals surface area contributed by atoms with Crippen molar-refractivity contribution in [2.75, 3.05) is 6.61 Å². The smallest absolute Gasteiger partial charge is 0.306 e. The van der Waals surface area contributed by atoms with E-state index >= 15 is 0 Å². The molecule has 0 saturated carbocycles. The van der Waals surface area contributed by atoms with E-state index in [4.69, 9.17) is 4.74 Å². The highest BCUT2D eigenvalue weighted by atomic mass is 16.5. The van der Waals surface area contributed by atoms with Gasteiger partial charge in [0.25, 0.3) is 0 Å². The molecule has 0 aliphatic rings. The van der Waals surface area contributed by atoms with Crippen LogP contribution < -0.4 is 0 Å². The van der Waals surface area contributed by atoms with Gasteiger partial charge < -0.3 is 4.74 Å². The fraction of sp³-hybridized carbons (Fsp3) is 0.955. The number of esters is 1. The Kier molecular flexibility index (Phi) is 13.4. The highest BCUT2D eigenvalue weighted by molar-refractivity contribution is 5.69. The van der Waals surface area contributed by atoms with Crippen LogP contribution in [0.5, 0.6) is 0 Å². The third-order valence-corrected chi connectivity index (χ3v) is 4.41. The van der Waals surface area contributed by atoms with Gasteiger partial charge in [-0.15, -0.1) is 0 Å². The molecule has 0 bridgehead atoms. The predicted molar refractivity (Wildman–Crippen MR) is 105 cm³/mol. The van der Waals surface area contributed by atoms with Crippen LogP contribution in [0.1, 0.15) is 112 Å². The first kappa shape index (κ1) is 23.5. The van der Waals surface area contributed by atoms with Gasteiger partial charge in [-0.3, -0.25) is 4.79 Å². The van der Waals surface area contributed by atoms with Gasteiger partial charge in [0.05, 0.1) is 6.61 Å². The molecule has 24 heavy (non-hydrogen) atoms. The Morgan fingerprint density at radius 3 is 1.83 bits per heavy atom. The molecule has 0 aliphatic heterocycles. The molecule has 0 amide bonds. The van der Waals surface area contributed by atoms with Crippen LogP contribution in [0.15, 0.2) is 0 Å². The van der Waals surface area contributed by atoms with Crippen LogP contribution in [0.2, 0.25) is 0 Å². The second-order valence-corrected chi connectivity index (χ2v) is 9.31. The minimum absolute atomic E-state index is 0.0168. The fourth-order valence-electron chi connectivity index (χ4n) is 3.36. The highest BCUT2D eigenvalue weighted by Crippen LogP contribution is 2.26. The molecule has 0 spiro atoms. The number of hydrogen-bond acceptors (Lipinski definition) is 2. The predicted octanol–water partition coefficient (Wildman–Crippen LogP) is 7.16. The molecule has 0 aromatic rings. The van der Waals surface area contributed by atoms with Gasteiger partial charge in [-0.1, -0.05) is 92.9 Å². The molecule has 0 aromatic heterocycles. The zero-order valence-corrected chi connectivity index (χ0v) is 17.5. The number of rotatable bonds is 14. The van der Waals surface area contributed by atoms with E-state index in [0.29, 0.717) is 18.9 Å². The lowest BCUT2D eigenvalue weighted by molar-refractivity contribution is -0.144. The molecule has 2 heteroatoms. The molecule has 0 aromatic carbocycles. The topological polar surface area (TPSA) is 26.3 Å². The Morgan fingerprint density at radius 1 is 0.833 bits per heavy atom. The lowest BCUT2D eigenvalue weighted by atomic mass is 9.84. The summed E-state index contributed by atoms with van der Waals surface area (Å²) in [6.45, 7) is 14.0. The van der Waals surface area contributed by atoms with Crippen LogP contribution in [0.3, 0.4) is 0 Å². The van der Waals surface area contributed by atoms with E-state index in [0.717, 1.165) is 18.8 Å². The molecule has 0 rings (SSSR count). The van der Waals surface area contributed by atoms with Crippen molar-refractivity contribution >= 4 is 5.97 Å². The molecule has 0 radical (unpaired) electrons. The fourth-order valence-corrected chi connectivity index (χ4v) is 3.36. The van der Waals surface area contributed by atoms with Crippen molar-refractivity contribution in [3.63, 3.8) is 0 Å². The normalized spacial score (nSPS) is 13.3. The van der Waals surface area contributed by atoms with E-state index in [1.54, 1.807) is 0 Å². The van der Waals surface area contributed by atoms with Crippen LogP contribution in [0, 0.1) is 17.3 Å². The molecule has 0 aliphatic carbocycles. The summed E-state index contributed by atoms with van der Waals surface area (Å²) in [5.41, 5.74) is 0.286. The van der Waals surface area contributed by atoms with Gasteiger partial charge in [-0.2, -0.15) is 0 Å². The SMILES string of the molecule is CC(C)CCCCCCCCCCOC(=O)C[C@@H](C)CC(C)(C)C. The summed E-state index contributed by atoms with van der Waals surface area (Å²) in [7, 11) is 0. The maximum absolute atomic E-state index is 11.8. The summed E-state index contributed by atoms with van der Waals surface area (Å²) in [4.78, 5) is 11.8. The average Bonchev–Trinajstić information content (AvgIpc) is 2.42. The third kappa shape index (κ3) is 17.8. The van der Waals surface area contributed by atoms with Gasteiger partial charge in [0.15, 0.2) is 0 Å². The van der Waals surface area contributed by atoms with Gasteiger partial charge in [-0.25, -0.2) is 0 Å². The first-order valence-corrected chi connectivity index (χ1v) is 10.4. The van der Waals surface area contributed by atoms with Crippen molar-refractivity contribution < 1.29 is 9.53 Å². The zero-order chi connectivity index (χ0) is 18.4. The zero-order valence-electron chi connectivity index (χ0n) is 17.5. The Labute approximate surface area is 152 Å². The van der Waals surface area contributed by atoms with Crippen LogP contribution >= 0.6 is 0 Å². The van der Waals surface area contributed by atoms with Crippen molar-refractivity contribution in [1.29, 1.82) is 0 Å². The van der Waals surface area contributed by atoms with Crippen LogP contribution in [-0.2, 0) is 9.53 Å². The lowest BCUT2D eigenvalue weighted by Crippen LogP contribution is -2.16. The molecule has 0 heterocycles. The molecular weight excluding hydrogens is 296 g/mol. The molecule has 0 unspecified atom stereocenters. The third-order valence-electron chi connectivity index (χ3n) is 4.41. The highest BCUT2D eigenvalue weighted by Gasteiger charge is 2.18. The van der Waals surface area contributed by atoms with E-state index in [2.05, 4.69) is 41.5 Å². The van der Waals surface area contributed by atoms with Gasteiger partial charge in [0.1, 0.15) is 0 Å². The van der Waals surface area contributed by atoms with Gasteiger partial charge in [0.2, 0.25) is 0 Å². The van der Waals surface area contributed by atoms with Gasteiger partial charge in [-0.05, 0) is 30.1 Å². The summed E-state index contributed by atoms with van der Waals surface area (Å²) in [5.74, 6) is 1.24. The van der Waals surface area contributed by atoms with Crippen molar-refractivity contribution in [3.05, 3.63) is 0 Å². The Balaban J connectivity index is 3.36. The van der Waals surface area contributed by atoms with Crippen LogP contribution in [-0.4, -0.2) is 12.6 Å². The minimum atomic E-state index is -0.0168. The van der Waals surface area contributed by atoms with E-state index in [-0.39, 0.29) is 11.4 Å². The molecule has 0 saturated heterocycles. The summed E-state index contributed by atoms with van der Waals surface area (Å²) in [5, 5.41) is 0. The van der Waals surface area contributed by atoms with E-state index in [1.165, 1.54) is 51.4 Å². The van der Waals surface area contributed by atoms with E-state index in [1.807, 2.05) is 0 Å². The maximum Gasteiger partial charge on any atom is 0.306 e. The number of unbranched alkanes of at least 4 members (excludes halogenated alkanes) is 7. The summed E-state index contributed by atoms with van der Waals surface area (Å²) in [6.07, 6.45) is 13.4. The van der Waals surface area contributed by atoms with Crippen LogP contribution in [0.25, 0.3) is 0 Å². The monoisotopic (exact) mass is 340 g/mol. The number of carbonyl (C=O) groups excluding carboxylic acids is 1. The molecule has 144 valence electrons. The summed E-state index contributed by atoms with van der Waals surface area (Å²) in [6, 6.07) is 0. The number of carbonyl (C=O) groups is 1. The molecule has 1 atom stereocenters. The molecule has 2 nitrogen and oxygen atoms in total. The Hall–Kier alpha value is -0.530. The van der Waals surface area contributed by atoms with Crippen molar-refractivity contribution in [2.24, 2.45) is 17.3 Å². The Morgan fingerprint density at radius 2 is 1.33 bits per heavy atom. The number of ether oxygens (including phenoxy) is 1. The van der Waals surface area contributed by atoms with Gasteiger partial charge >= 0.3 is 5.97 Å².